The van der Waals surface area contributed by atoms with E-state index in [4.69, 9.17) is 18.9 Å². The quantitative estimate of drug-likeness (QED) is 0.0761. The van der Waals surface area contributed by atoms with E-state index in [-0.39, 0.29) is 18.9 Å². The minimum atomic E-state index is -2.24. The van der Waals surface area contributed by atoms with Crippen LogP contribution in [-0.4, -0.2) is 118 Å². The van der Waals surface area contributed by atoms with Crippen LogP contribution in [-0.2, 0) is 23.7 Å². The van der Waals surface area contributed by atoms with Crippen molar-refractivity contribution in [2.24, 2.45) is 11.8 Å². The minimum absolute atomic E-state index is 0.0964. The van der Waals surface area contributed by atoms with Gasteiger partial charge in [-0.3, -0.25) is 4.79 Å². The number of esters is 1. The second kappa shape index (κ2) is 23.4. The van der Waals surface area contributed by atoms with Gasteiger partial charge in [-0.15, -0.1) is 0 Å². The molecule has 3 aromatic rings. The van der Waals surface area contributed by atoms with Crippen molar-refractivity contribution >= 4 is 29.1 Å². The number of carbonyl (C=O) groups excluding carboxylic acids is 1. The van der Waals surface area contributed by atoms with E-state index < -0.39 is 73.2 Å². The van der Waals surface area contributed by atoms with E-state index in [0.717, 1.165) is 51.2 Å². The Labute approximate surface area is 372 Å². The zero-order valence-electron chi connectivity index (χ0n) is 38.5. The molecule has 0 bridgehead atoms. The summed E-state index contributed by atoms with van der Waals surface area (Å²) in [6.07, 6.45) is 4.59. The zero-order valence-corrected chi connectivity index (χ0v) is 39.5. The van der Waals surface area contributed by atoms with Crippen molar-refractivity contribution in [2.75, 3.05) is 33.0 Å². The Kier molecular flexibility index (Phi) is 19.0. The number of cyclic esters (lactones) is 1. The standard InChI is InChI=1S/C51H78NO9P/c1-37-33-41(53)29-30-45(61-46-34-51(6,58-7)48(55)40(4)60-46)38(2)49(56)59-36-50(5,57)47(54)39(3)52(35-37)31-21-10-8-9-11-22-32-62(42-23-15-12-16-24-42,43-25-17-13-18-26-43)44-27-19-14-20-28-44/h12-20,23-28,37-41,45-48,53-55,57,62H,8-11,21-22,29-36H2,1-7H3/t37-,38-,39-,40+,41+,45+,46+,47-,48+,50-,51-/m1/s1. The van der Waals surface area contributed by atoms with Crippen molar-refractivity contribution in [1.29, 1.82) is 0 Å². The van der Waals surface area contributed by atoms with Gasteiger partial charge in [-0.2, -0.15) is 0 Å². The number of ether oxygens (including phenoxy) is 4. The van der Waals surface area contributed by atoms with E-state index in [1.807, 2.05) is 13.8 Å². The third-order valence-electron chi connectivity index (χ3n) is 14.0. The van der Waals surface area contributed by atoms with Crippen LogP contribution < -0.4 is 15.9 Å². The topological polar surface area (TPSA) is 138 Å². The van der Waals surface area contributed by atoms with Gasteiger partial charge in [-0.25, -0.2) is 0 Å². The molecule has 2 heterocycles. The second-order valence-electron chi connectivity index (χ2n) is 19.0. The minimum Gasteiger partial charge on any atom is -0.462 e. The average molecular weight is 880 g/mol. The van der Waals surface area contributed by atoms with Gasteiger partial charge in [0.2, 0.25) is 0 Å². The summed E-state index contributed by atoms with van der Waals surface area (Å²) in [6, 6.07) is 32.9. The number of benzene rings is 3. The van der Waals surface area contributed by atoms with E-state index in [9.17, 15) is 25.2 Å². The number of carbonyl (C=O) groups is 1. The average Bonchev–Trinajstić information content (AvgIpc) is 3.27. The third-order valence-corrected chi connectivity index (χ3v) is 19.0. The number of hydrogen-bond acceptors (Lipinski definition) is 10. The maximum atomic E-state index is 13.5. The fraction of sp³-hybridized carbons (Fsp3) is 0.627. The Morgan fingerprint density at radius 1 is 0.758 bits per heavy atom. The first-order valence-corrected chi connectivity index (χ1v) is 25.5. The van der Waals surface area contributed by atoms with Gasteiger partial charge < -0.3 is 34.3 Å². The Morgan fingerprint density at radius 3 is 1.84 bits per heavy atom. The summed E-state index contributed by atoms with van der Waals surface area (Å²) in [5, 5.41) is 49.6. The summed E-state index contributed by atoms with van der Waals surface area (Å²) >= 11 is 0. The van der Waals surface area contributed by atoms with Crippen molar-refractivity contribution in [3.8, 4) is 0 Å². The summed E-state index contributed by atoms with van der Waals surface area (Å²) < 4.78 is 23.8. The molecule has 2 fully saturated rings. The predicted molar refractivity (Wildman–Crippen MR) is 251 cm³/mol. The molecule has 3 aromatic carbocycles. The Hall–Kier alpha value is -2.76. The SMILES string of the molecule is CO[C@]1(C)C[C@H](O[C@H]2CC[C@H](O)C[C@@H](C)CN(CCCCCCCC[PH](c3ccccc3)(c3ccccc3)c3ccccc3)[C@H](C)[C@@H](O)[C@](C)(O)COC(=O)[C@@H]2C)O[C@@H](C)[C@@H]1O. The monoisotopic (exact) mass is 880 g/mol. The van der Waals surface area contributed by atoms with Gasteiger partial charge in [0.25, 0.3) is 0 Å². The molecule has 0 saturated carbocycles. The smallest absolute Gasteiger partial charge is 0.462 e. The van der Waals surface area contributed by atoms with Crippen molar-refractivity contribution in [3.63, 3.8) is 0 Å². The van der Waals surface area contributed by atoms with E-state index in [1.54, 1.807) is 21.0 Å². The third kappa shape index (κ3) is 12.9. The first-order chi connectivity index (χ1) is 29.6. The number of rotatable bonds is 15. The zero-order chi connectivity index (χ0) is 44.9. The molecule has 0 aromatic heterocycles. The van der Waals surface area contributed by atoms with Gasteiger partial charge in [-0.05, 0) is 40.5 Å². The summed E-state index contributed by atoms with van der Waals surface area (Å²) in [4.78, 5) is 15.8. The summed E-state index contributed by atoms with van der Waals surface area (Å²) in [5.41, 5.74) is -2.61. The summed E-state index contributed by atoms with van der Waals surface area (Å²) in [6.45, 7) is 11.8. The molecule has 0 aliphatic carbocycles. The molecule has 11 atom stereocenters. The van der Waals surface area contributed by atoms with Gasteiger partial charge in [0.05, 0.1) is 29.8 Å². The number of unbranched alkanes of at least 4 members (excludes halogenated alkanes) is 5. The summed E-state index contributed by atoms with van der Waals surface area (Å²) in [5.74, 6) is -1.23. The van der Waals surface area contributed by atoms with Gasteiger partial charge >= 0.3 is 232 Å². The van der Waals surface area contributed by atoms with Crippen LogP contribution >= 0.6 is 7.26 Å². The molecule has 62 heavy (non-hydrogen) atoms. The van der Waals surface area contributed by atoms with E-state index in [0.29, 0.717) is 25.8 Å². The number of methoxy groups -OCH3 is 1. The first kappa shape index (κ1) is 50.2. The molecule has 0 spiro atoms. The van der Waals surface area contributed by atoms with Gasteiger partial charge in [0.1, 0.15) is 12.7 Å². The van der Waals surface area contributed by atoms with Crippen molar-refractivity contribution in [2.45, 2.75) is 160 Å². The van der Waals surface area contributed by atoms with Crippen LogP contribution in [0.2, 0.25) is 0 Å². The van der Waals surface area contributed by atoms with Gasteiger partial charge in [0, 0.05) is 13.5 Å². The molecule has 0 radical (unpaired) electrons. The van der Waals surface area contributed by atoms with Gasteiger partial charge in [-0.1, -0.05) is 0 Å². The molecule has 0 amide bonds. The molecule has 2 saturated heterocycles. The van der Waals surface area contributed by atoms with Gasteiger partial charge in [0.15, 0.2) is 6.29 Å². The van der Waals surface area contributed by atoms with Crippen molar-refractivity contribution < 1.29 is 44.2 Å². The normalized spacial score (nSPS) is 32.6. The molecular weight excluding hydrogens is 802 g/mol. The fourth-order valence-corrected chi connectivity index (χ4v) is 14.8. The van der Waals surface area contributed by atoms with Crippen LogP contribution in [0.15, 0.2) is 91.0 Å². The molecule has 0 unspecified atom stereocenters. The molecular formula is C51H78NO9P. The van der Waals surface area contributed by atoms with Crippen LogP contribution in [0.3, 0.4) is 0 Å². The number of aliphatic hydroxyl groups excluding tert-OH is 3. The van der Waals surface area contributed by atoms with E-state index in [2.05, 4.69) is 103 Å². The summed E-state index contributed by atoms with van der Waals surface area (Å²) in [7, 11) is -0.699. The number of aliphatic hydroxyl groups is 4. The van der Waals surface area contributed by atoms with Crippen LogP contribution in [0.4, 0.5) is 0 Å². The predicted octanol–water partition coefficient (Wildman–Crippen LogP) is 6.50. The Morgan fingerprint density at radius 2 is 1.29 bits per heavy atom. The molecule has 11 heteroatoms. The van der Waals surface area contributed by atoms with Crippen LogP contribution in [0.1, 0.15) is 106 Å². The van der Waals surface area contributed by atoms with Crippen LogP contribution in [0, 0.1) is 11.8 Å². The molecule has 5 rings (SSSR count). The van der Waals surface area contributed by atoms with E-state index >= 15 is 0 Å². The molecule has 10 nitrogen and oxygen atoms in total. The molecule has 2 aliphatic heterocycles. The Bertz CT molecular complexity index is 1660. The van der Waals surface area contributed by atoms with Crippen LogP contribution in [0.5, 0.6) is 0 Å². The maximum absolute atomic E-state index is 13.5. The van der Waals surface area contributed by atoms with Crippen molar-refractivity contribution in [3.05, 3.63) is 91.0 Å². The first-order valence-electron chi connectivity index (χ1n) is 23.3. The number of hydrogen-bond donors (Lipinski definition) is 4. The Balaban J connectivity index is 1.18. The second-order valence-corrected chi connectivity index (χ2v) is 23.0. The molecule has 2 aliphatic rings. The molecule has 4 N–H and O–H groups in total. The molecule has 346 valence electrons. The number of nitrogens with zero attached hydrogens (tertiary/aromatic N) is 1. The van der Waals surface area contributed by atoms with Crippen molar-refractivity contribution in [1.82, 2.24) is 4.90 Å². The fourth-order valence-electron chi connectivity index (χ4n) is 9.92. The van der Waals surface area contributed by atoms with Crippen LogP contribution in [0.25, 0.3) is 0 Å². The van der Waals surface area contributed by atoms with E-state index in [1.165, 1.54) is 22.8 Å².